The van der Waals surface area contributed by atoms with E-state index in [-0.39, 0.29) is 39.5 Å². The fourth-order valence-electron chi connectivity index (χ4n) is 4.48. The molecular weight excluding hydrogens is 691 g/mol. The first-order valence-electron chi connectivity index (χ1n) is 13.4. The summed E-state index contributed by atoms with van der Waals surface area (Å²) in [6.45, 7) is 0. The number of phenolic OH excluding ortho intramolecular Hbond substituents is 2. The third-order valence-electron chi connectivity index (χ3n) is 6.62. The number of amides is 2. The highest BCUT2D eigenvalue weighted by molar-refractivity contribution is 8.00. The van der Waals surface area contributed by atoms with Crippen molar-refractivity contribution in [1.29, 1.82) is 0 Å². The molecule has 48 heavy (non-hydrogen) atoms. The number of nitrogen functional groups attached to an aromatic ring is 3. The molecule has 0 bridgehead atoms. The number of aromatic nitrogens is 3. The Kier molecular flexibility index (Phi) is 9.91. The van der Waals surface area contributed by atoms with Crippen molar-refractivity contribution < 1.29 is 44.4 Å². The second kappa shape index (κ2) is 14.1. The molecule has 3 atom stereocenters. The molecule has 11 N–H and O–H groups in total. The molecule has 2 aliphatic heterocycles. The van der Waals surface area contributed by atoms with Gasteiger partial charge in [-0.15, -0.1) is 23.1 Å². The van der Waals surface area contributed by atoms with E-state index in [1.807, 2.05) is 0 Å². The van der Waals surface area contributed by atoms with E-state index in [4.69, 9.17) is 22.0 Å². The van der Waals surface area contributed by atoms with Gasteiger partial charge in [0.1, 0.15) is 34.4 Å². The second-order valence-electron chi connectivity index (χ2n) is 9.84. The number of thiazole rings is 1. The molecule has 2 aromatic heterocycles. The molecule has 2 aliphatic rings. The van der Waals surface area contributed by atoms with Crippen LogP contribution in [-0.2, 0) is 24.0 Å². The summed E-state index contributed by atoms with van der Waals surface area (Å²) in [6, 6.07) is 3.41. The van der Waals surface area contributed by atoms with Crippen LogP contribution in [0.3, 0.4) is 0 Å². The van der Waals surface area contributed by atoms with Crippen LogP contribution in [-0.4, -0.2) is 92.7 Å². The van der Waals surface area contributed by atoms with Gasteiger partial charge in [-0.25, -0.2) is 24.5 Å². The number of anilines is 3. The van der Waals surface area contributed by atoms with E-state index in [2.05, 4.69) is 25.4 Å². The number of nitrogens with one attached hydrogen (secondary N) is 1. The first-order valence-corrected chi connectivity index (χ1v) is 16.4. The van der Waals surface area contributed by atoms with E-state index in [9.17, 15) is 39.6 Å². The summed E-state index contributed by atoms with van der Waals surface area (Å²) in [5.74, 6) is -4.72. The van der Waals surface area contributed by atoms with Crippen LogP contribution >= 0.6 is 34.9 Å². The standard InChI is InChI=1S/C27H25N9O9S3/c28-15-7-16(29)33-27(32-15)46-5-1-2-11-8-47-23-18(22(40)36(23)19(11)24(41)42)34-21(39)17(12-9-48-26(30)31-12)35-45-20(25(43)44)10-3-4-13(37)14(38)6-10/h1-4,6-7,9,18,20,23,37-38H,5,8H2,(H2,30,31)(H,34,39)(H,41,42)(H,43,44)(H4,28,29,32,33)/b2-1+,35-17-/t18-,20+,23-/m1/s1. The van der Waals surface area contributed by atoms with E-state index < -0.39 is 58.5 Å². The van der Waals surface area contributed by atoms with Crippen molar-refractivity contribution in [1.82, 2.24) is 25.2 Å². The maximum Gasteiger partial charge on any atom is 0.352 e. The lowest BCUT2D eigenvalue weighted by Crippen LogP contribution is -2.71. The Labute approximate surface area is 282 Å². The molecule has 5 rings (SSSR count). The van der Waals surface area contributed by atoms with Crippen molar-refractivity contribution >= 4 is 81.1 Å². The summed E-state index contributed by atoms with van der Waals surface area (Å²) >= 11 is 3.39. The van der Waals surface area contributed by atoms with Crippen molar-refractivity contribution in [2.75, 3.05) is 28.7 Å². The lowest BCUT2D eigenvalue weighted by Gasteiger charge is -2.49. The largest absolute Gasteiger partial charge is 0.504 e. The topological polar surface area (TPSA) is 303 Å². The fraction of sp³-hybridized carbons (Fsp3) is 0.185. The molecule has 0 spiro atoms. The number of allylic oxidation sites excluding steroid dienone is 1. The number of nitrogens with two attached hydrogens (primary N) is 3. The average molecular weight is 716 g/mol. The molecular formula is C27H25N9O9S3. The third kappa shape index (κ3) is 7.21. The number of fused-ring (bicyclic) bond motifs is 1. The summed E-state index contributed by atoms with van der Waals surface area (Å²) in [5.41, 5.74) is 16.5. The fourth-order valence-corrected chi connectivity index (χ4v) is 7.03. The number of carboxylic acid groups (broad SMARTS) is 2. The van der Waals surface area contributed by atoms with Gasteiger partial charge < -0.3 is 47.8 Å². The van der Waals surface area contributed by atoms with Gasteiger partial charge in [-0.05, 0) is 17.7 Å². The van der Waals surface area contributed by atoms with Gasteiger partial charge in [0.25, 0.3) is 11.8 Å². The molecule has 250 valence electrons. The number of benzene rings is 1. The highest BCUT2D eigenvalue weighted by Gasteiger charge is 2.54. The van der Waals surface area contributed by atoms with Crippen LogP contribution in [0.2, 0.25) is 0 Å². The quantitative estimate of drug-likeness (QED) is 0.0320. The molecule has 0 unspecified atom stereocenters. The van der Waals surface area contributed by atoms with Crippen LogP contribution in [0.25, 0.3) is 0 Å². The number of nitrogens with zero attached hydrogens (tertiary/aromatic N) is 5. The van der Waals surface area contributed by atoms with Gasteiger partial charge in [0, 0.05) is 28.5 Å². The predicted molar refractivity (Wildman–Crippen MR) is 175 cm³/mol. The number of rotatable bonds is 12. The zero-order valence-corrected chi connectivity index (χ0v) is 26.7. The normalized spacial score (nSPS) is 18.3. The van der Waals surface area contributed by atoms with E-state index in [1.165, 1.54) is 41.0 Å². The number of hydrogen-bond donors (Lipinski definition) is 8. The first-order chi connectivity index (χ1) is 22.8. The van der Waals surface area contributed by atoms with Gasteiger partial charge >= 0.3 is 11.9 Å². The van der Waals surface area contributed by atoms with Crippen LogP contribution in [0, 0.1) is 0 Å². The van der Waals surface area contributed by atoms with Crippen LogP contribution in [0.1, 0.15) is 17.4 Å². The van der Waals surface area contributed by atoms with E-state index in [1.54, 1.807) is 12.2 Å². The molecule has 0 aliphatic carbocycles. The number of phenols is 2. The Bertz CT molecular complexity index is 1880. The Morgan fingerprint density at radius 1 is 1.12 bits per heavy atom. The van der Waals surface area contributed by atoms with Gasteiger partial charge in [-0.1, -0.05) is 35.1 Å². The minimum absolute atomic E-state index is 0.0530. The number of oxime groups is 1. The minimum atomic E-state index is -1.82. The van der Waals surface area contributed by atoms with Crippen molar-refractivity contribution in [3.05, 3.63) is 64.3 Å². The summed E-state index contributed by atoms with van der Waals surface area (Å²) in [6.07, 6.45) is 1.44. The number of thioether (sulfide) groups is 2. The predicted octanol–water partition coefficient (Wildman–Crippen LogP) is 0.725. The van der Waals surface area contributed by atoms with Crippen LogP contribution in [0.15, 0.2) is 63.4 Å². The number of carboxylic acids is 2. The van der Waals surface area contributed by atoms with Crippen LogP contribution < -0.4 is 22.5 Å². The smallest absolute Gasteiger partial charge is 0.352 e. The summed E-state index contributed by atoms with van der Waals surface area (Å²) in [4.78, 5) is 69.3. The maximum atomic E-state index is 13.4. The SMILES string of the molecule is Nc1cc(N)nc(SC/C=C/C2=C(C(=O)O)N3C(=O)[C@@H](NC(=O)/C(=N\O[C@H](C(=O)O)c4ccc(O)c(O)c4)c4csc(N)n4)[C@H]3SC2)n1. The molecule has 18 nitrogen and oxygen atoms in total. The van der Waals surface area contributed by atoms with Crippen LogP contribution in [0.5, 0.6) is 11.5 Å². The Hall–Kier alpha value is -5.54. The third-order valence-corrected chi connectivity index (χ3v) is 9.39. The maximum absolute atomic E-state index is 13.4. The van der Waals surface area contributed by atoms with Gasteiger partial charge in [-0.2, -0.15) is 0 Å². The molecule has 2 amide bonds. The number of β-lactam (4-membered cyclic amide) rings is 1. The number of carbonyl (C=O) groups excluding carboxylic acids is 2. The summed E-state index contributed by atoms with van der Waals surface area (Å²) in [5, 5.41) is 46.2. The van der Waals surface area contributed by atoms with Gasteiger partial charge in [0.15, 0.2) is 27.5 Å². The Balaban J connectivity index is 1.32. The highest BCUT2D eigenvalue weighted by atomic mass is 32.2. The van der Waals surface area contributed by atoms with Crippen molar-refractivity contribution in [3.63, 3.8) is 0 Å². The summed E-state index contributed by atoms with van der Waals surface area (Å²) < 4.78 is 0. The minimum Gasteiger partial charge on any atom is -0.504 e. The Morgan fingerprint density at radius 3 is 2.48 bits per heavy atom. The number of aliphatic carboxylic acids is 2. The van der Waals surface area contributed by atoms with E-state index >= 15 is 0 Å². The van der Waals surface area contributed by atoms with Crippen LogP contribution in [0.4, 0.5) is 16.8 Å². The van der Waals surface area contributed by atoms with Crippen molar-refractivity contribution in [3.8, 4) is 11.5 Å². The Morgan fingerprint density at radius 2 is 1.85 bits per heavy atom. The molecule has 4 heterocycles. The number of carbonyl (C=O) groups is 4. The lowest BCUT2D eigenvalue weighted by molar-refractivity contribution is -0.151. The molecule has 1 aromatic carbocycles. The number of aromatic hydroxyl groups is 2. The first kappa shape index (κ1) is 33.8. The van der Waals surface area contributed by atoms with Gasteiger partial charge in [0.05, 0.1) is 0 Å². The zero-order chi connectivity index (χ0) is 34.7. The zero-order valence-electron chi connectivity index (χ0n) is 24.2. The molecule has 0 saturated carbocycles. The molecule has 21 heteroatoms. The van der Waals surface area contributed by atoms with Gasteiger partial charge in [-0.3, -0.25) is 14.5 Å². The van der Waals surface area contributed by atoms with Crippen molar-refractivity contribution in [2.24, 2.45) is 5.16 Å². The van der Waals surface area contributed by atoms with E-state index in [0.717, 1.165) is 28.4 Å². The molecule has 3 aromatic rings. The molecule has 0 radical (unpaired) electrons. The molecule has 1 fully saturated rings. The lowest BCUT2D eigenvalue weighted by atomic mass is 10.0. The van der Waals surface area contributed by atoms with Crippen molar-refractivity contribution in [2.45, 2.75) is 22.7 Å². The molecule has 1 saturated heterocycles. The average Bonchev–Trinajstić information content (AvgIpc) is 3.45. The second-order valence-corrected chi connectivity index (χ2v) is 12.8. The summed E-state index contributed by atoms with van der Waals surface area (Å²) in [7, 11) is 0. The highest BCUT2D eigenvalue weighted by Crippen LogP contribution is 2.41. The monoisotopic (exact) mass is 715 g/mol. The number of hydrogen-bond acceptors (Lipinski definition) is 17. The van der Waals surface area contributed by atoms with E-state index in [0.29, 0.717) is 16.5 Å². The van der Waals surface area contributed by atoms with Gasteiger partial charge in [0.2, 0.25) is 6.10 Å².